The van der Waals surface area contributed by atoms with Gasteiger partial charge in [-0.3, -0.25) is 0 Å². The Bertz CT molecular complexity index is 336. The maximum Gasteiger partial charge on any atom is 0.107 e. The van der Waals surface area contributed by atoms with E-state index in [1.165, 1.54) is 22.7 Å². The number of hydrogen-bond acceptors (Lipinski definition) is 4. The number of rotatable bonds is 10. The Hall–Kier alpha value is -0.450. The summed E-state index contributed by atoms with van der Waals surface area (Å²) in [6, 6.07) is 0. The normalized spacial score (nSPS) is 13.1. The van der Waals surface area contributed by atoms with Gasteiger partial charge in [-0.1, -0.05) is 20.8 Å². The molecule has 4 heteroatoms. The molecule has 0 bridgehead atoms. The van der Waals surface area contributed by atoms with Crippen LogP contribution in [0.2, 0.25) is 0 Å². The summed E-state index contributed by atoms with van der Waals surface area (Å²) >= 11 is 1.82. The van der Waals surface area contributed by atoms with Crippen LogP contribution in [0.1, 0.15) is 49.9 Å². The van der Waals surface area contributed by atoms with E-state index in [0.29, 0.717) is 0 Å². The van der Waals surface area contributed by atoms with E-state index in [4.69, 9.17) is 5.73 Å². The molecule has 0 aliphatic heterocycles. The average Bonchev–Trinajstić information content (AvgIpc) is 2.84. The molecular weight excluding hydrogens is 254 g/mol. The zero-order chi connectivity index (χ0) is 14.1. The first-order valence-electron chi connectivity index (χ1n) is 7.51. The highest BCUT2D eigenvalue weighted by molar-refractivity contribution is 7.11. The maximum atomic E-state index is 5.67. The molecule has 0 radical (unpaired) electrons. The molecule has 1 unspecified atom stereocenters. The maximum absolute atomic E-state index is 5.67. The van der Waals surface area contributed by atoms with E-state index in [1.807, 2.05) is 17.5 Å². The molecule has 0 fully saturated rings. The lowest BCUT2D eigenvalue weighted by molar-refractivity contribution is 0.331. The van der Waals surface area contributed by atoms with Crippen LogP contribution < -0.4 is 11.1 Å². The molecule has 1 rings (SSSR count). The van der Waals surface area contributed by atoms with Crippen molar-refractivity contribution in [3.63, 3.8) is 0 Å². The van der Waals surface area contributed by atoms with Crippen molar-refractivity contribution in [1.29, 1.82) is 0 Å². The molecule has 0 aromatic carbocycles. The van der Waals surface area contributed by atoms with Gasteiger partial charge in [0.25, 0.3) is 0 Å². The van der Waals surface area contributed by atoms with Gasteiger partial charge in [0.1, 0.15) is 5.01 Å². The summed E-state index contributed by atoms with van der Waals surface area (Å²) in [5.41, 5.74) is 5.67. The summed E-state index contributed by atoms with van der Waals surface area (Å²) in [5, 5.41) is 4.70. The predicted octanol–water partition coefficient (Wildman–Crippen LogP) is 3.20. The molecule has 0 spiro atoms. The average molecular weight is 283 g/mol. The smallest absolute Gasteiger partial charge is 0.107 e. The van der Waals surface area contributed by atoms with Crippen molar-refractivity contribution in [2.24, 2.45) is 17.6 Å². The van der Waals surface area contributed by atoms with Gasteiger partial charge in [-0.2, -0.15) is 0 Å². The zero-order valence-corrected chi connectivity index (χ0v) is 13.4. The summed E-state index contributed by atoms with van der Waals surface area (Å²) in [5.74, 6) is 1.52. The lowest BCUT2D eigenvalue weighted by Gasteiger charge is -2.19. The molecule has 19 heavy (non-hydrogen) atoms. The number of nitrogens with zero attached hydrogens (tertiary/aromatic N) is 1. The fourth-order valence-corrected chi connectivity index (χ4v) is 3.13. The van der Waals surface area contributed by atoms with Crippen molar-refractivity contribution in [3.8, 4) is 0 Å². The standard InChI is InChI=1S/C15H29N3S/c1-4-14-10-18-15(19-14)11-17-9-5-6-13(7-8-16)12(2)3/h10,12-13,17H,4-9,11,16H2,1-3H3. The molecule has 0 amide bonds. The van der Waals surface area contributed by atoms with Gasteiger partial charge >= 0.3 is 0 Å². The second kappa shape index (κ2) is 9.45. The minimum atomic E-state index is 0.745. The molecular formula is C15H29N3S. The fraction of sp³-hybridized carbons (Fsp3) is 0.800. The highest BCUT2D eigenvalue weighted by Crippen LogP contribution is 2.20. The van der Waals surface area contributed by atoms with Crippen LogP contribution in [0.4, 0.5) is 0 Å². The number of aryl methyl sites for hydroxylation is 1. The third-order valence-electron chi connectivity index (χ3n) is 3.63. The summed E-state index contributed by atoms with van der Waals surface area (Å²) in [6.45, 7) is 9.58. The van der Waals surface area contributed by atoms with Crippen molar-refractivity contribution in [1.82, 2.24) is 10.3 Å². The summed E-state index contributed by atoms with van der Waals surface area (Å²) in [4.78, 5) is 5.79. The van der Waals surface area contributed by atoms with Gasteiger partial charge in [-0.15, -0.1) is 11.3 Å². The molecule has 0 aliphatic rings. The molecule has 1 aromatic rings. The van der Waals surface area contributed by atoms with Gasteiger partial charge in [0.2, 0.25) is 0 Å². The minimum Gasteiger partial charge on any atom is -0.330 e. The molecule has 0 saturated carbocycles. The van der Waals surface area contributed by atoms with Crippen LogP contribution in [-0.4, -0.2) is 18.1 Å². The van der Waals surface area contributed by atoms with Gasteiger partial charge in [0.05, 0.1) is 0 Å². The van der Waals surface area contributed by atoms with Gasteiger partial charge in [-0.25, -0.2) is 4.98 Å². The molecule has 1 atom stereocenters. The van der Waals surface area contributed by atoms with Crippen LogP contribution in [0.3, 0.4) is 0 Å². The summed E-state index contributed by atoms with van der Waals surface area (Å²) in [7, 11) is 0. The lowest BCUT2D eigenvalue weighted by atomic mass is 9.88. The Morgan fingerprint density at radius 2 is 2.16 bits per heavy atom. The topological polar surface area (TPSA) is 50.9 Å². The highest BCUT2D eigenvalue weighted by atomic mass is 32.1. The fourth-order valence-electron chi connectivity index (χ4n) is 2.30. The third-order valence-corrected chi connectivity index (χ3v) is 4.78. The first-order chi connectivity index (χ1) is 9.17. The van der Waals surface area contributed by atoms with Crippen molar-refractivity contribution in [2.45, 2.75) is 53.0 Å². The minimum absolute atomic E-state index is 0.745. The quantitative estimate of drug-likeness (QED) is 0.648. The van der Waals surface area contributed by atoms with Gasteiger partial charge in [0, 0.05) is 17.6 Å². The Morgan fingerprint density at radius 3 is 2.74 bits per heavy atom. The number of thiazole rings is 1. The monoisotopic (exact) mass is 283 g/mol. The SMILES string of the molecule is CCc1cnc(CNCCCC(CCN)C(C)C)s1. The van der Waals surface area contributed by atoms with Crippen LogP contribution in [0, 0.1) is 11.8 Å². The highest BCUT2D eigenvalue weighted by Gasteiger charge is 2.11. The predicted molar refractivity (Wildman–Crippen MR) is 84.4 cm³/mol. The molecule has 1 aromatic heterocycles. The zero-order valence-electron chi connectivity index (χ0n) is 12.6. The van der Waals surface area contributed by atoms with Gasteiger partial charge in [0.15, 0.2) is 0 Å². The van der Waals surface area contributed by atoms with Crippen LogP contribution in [-0.2, 0) is 13.0 Å². The first-order valence-corrected chi connectivity index (χ1v) is 8.33. The summed E-state index contributed by atoms with van der Waals surface area (Å²) < 4.78 is 0. The summed E-state index contributed by atoms with van der Waals surface area (Å²) in [6.07, 6.45) is 6.75. The molecule has 110 valence electrons. The van der Waals surface area contributed by atoms with E-state index in [0.717, 1.165) is 44.3 Å². The van der Waals surface area contributed by atoms with E-state index in [-0.39, 0.29) is 0 Å². The van der Waals surface area contributed by atoms with E-state index in [9.17, 15) is 0 Å². The molecule has 0 aliphatic carbocycles. The molecule has 0 saturated heterocycles. The number of nitrogens with one attached hydrogen (secondary N) is 1. The van der Waals surface area contributed by atoms with Crippen LogP contribution in [0.25, 0.3) is 0 Å². The van der Waals surface area contributed by atoms with Crippen LogP contribution >= 0.6 is 11.3 Å². The second-order valence-electron chi connectivity index (χ2n) is 5.47. The van der Waals surface area contributed by atoms with Crippen molar-refractivity contribution < 1.29 is 0 Å². The van der Waals surface area contributed by atoms with Gasteiger partial charge < -0.3 is 11.1 Å². The molecule has 3 nitrogen and oxygen atoms in total. The Labute approximate surface area is 122 Å². The van der Waals surface area contributed by atoms with Crippen LogP contribution in [0.5, 0.6) is 0 Å². The van der Waals surface area contributed by atoms with Gasteiger partial charge in [-0.05, 0) is 50.6 Å². The van der Waals surface area contributed by atoms with Crippen molar-refractivity contribution >= 4 is 11.3 Å². The molecule has 1 heterocycles. The van der Waals surface area contributed by atoms with Crippen LogP contribution in [0.15, 0.2) is 6.20 Å². The molecule has 3 N–H and O–H groups in total. The van der Waals surface area contributed by atoms with E-state index < -0.39 is 0 Å². The van der Waals surface area contributed by atoms with E-state index in [1.54, 1.807) is 0 Å². The van der Waals surface area contributed by atoms with Crippen molar-refractivity contribution in [3.05, 3.63) is 16.1 Å². The third kappa shape index (κ3) is 6.50. The number of hydrogen-bond donors (Lipinski definition) is 2. The Morgan fingerprint density at radius 1 is 1.37 bits per heavy atom. The lowest BCUT2D eigenvalue weighted by Crippen LogP contribution is -2.18. The largest absolute Gasteiger partial charge is 0.330 e. The first kappa shape index (κ1) is 16.6. The Kier molecular flexibility index (Phi) is 8.26. The number of nitrogens with two attached hydrogens (primary N) is 1. The Balaban J connectivity index is 2.13. The van der Waals surface area contributed by atoms with Crippen molar-refractivity contribution in [2.75, 3.05) is 13.1 Å². The number of aromatic nitrogens is 1. The van der Waals surface area contributed by atoms with E-state index >= 15 is 0 Å². The second-order valence-corrected chi connectivity index (χ2v) is 6.67. The van der Waals surface area contributed by atoms with E-state index in [2.05, 4.69) is 31.1 Å².